The Balaban J connectivity index is 1.90. The number of carbonyl (C=O) groups is 1. The molecule has 134 valence electrons. The number of hydrogen-bond acceptors (Lipinski definition) is 4. The molecule has 1 aromatic heterocycles. The average Bonchev–Trinajstić information content (AvgIpc) is 2.57. The molecular weight excluding hydrogens is 352 g/mol. The Hall–Kier alpha value is -2.58. The monoisotopic (exact) mass is 370 g/mol. The molecule has 0 radical (unpaired) electrons. The van der Waals surface area contributed by atoms with Gasteiger partial charge in [0.2, 0.25) is 11.7 Å². The maximum atomic E-state index is 11.3. The number of halogens is 1. The Morgan fingerprint density at radius 2 is 2.08 bits per heavy atom. The molecule has 5 nitrogen and oxygen atoms in total. The summed E-state index contributed by atoms with van der Waals surface area (Å²) in [6.07, 6.45) is 2.10. The van der Waals surface area contributed by atoms with Crippen LogP contribution in [0.4, 0.5) is 0 Å². The van der Waals surface area contributed by atoms with Gasteiger partial charge in [0.05, 0.1) is 0 Å². The van der Waals surface area contributed by atoms with Gasteiger partial charge in [-0.1, -0.05) is 35.7 Å². The number of benzene rings is 1. The van der Waals surface area contributed by atoms with Crippen LogP contribution in [0.3, 0.4) is 0 Å². The van der Waals surface area contributed by atoms with Crippen LogP contribution in [0.1, 0.15) is 47.2 Å². The summed E-state index contributed by atoms with van der Waals surface area (Å²) in [4.78, 5) is 19.6. The van der Waals surface area contributed by atoms with Crippen molar-refractivity contribution >= 4 is 17.6 Å². The summed E-state index contributed by atoms with van der Waals surface area (Å²) in [6.45, 7) is 3.59. The van der Waals surface area contributed by atoms with Gasteiger partial charge in [-0.25, -0.2) is 9.78 Å². The molecule has 2 aromatic rings. The Bertz CT molecular complexity index is 896. The Morgan fingerprint density at radius 1 is 1.35 bits per heavy atom. The standard InChI is InChI=1S/C20H19ClN2O3/c1-3-6-13-9-15(10-13)26-19-16(11-14-7-4-5-8-17(14)21)12(2)22-18(23-19)20(24)25/h4-5,7-8,13,15H,9-11H2,1-2H3,(H,24,25). The van der Waals surface area contributed by atoms with Crippen LogP contribution in [0, 0.1) is 24.7 Å². The van der Waals surface area contributed by atoms with Crippen LogP contribution in [-0.4, -0.2) is 27.1 Å². The van der Waals surface area contributed by atoms with Crippen molar-refractivity contribution in [3.05, 3.63) is 51.9 Å². The molecule has 1 saturated carbocycles. The first-order valence-corrected chi connectivity index (χ1v) is 8.79. The fourth-order valence-electron chi connectivity index (χ4n) is 2.94. The van der Waals surface area contributed by atoms with Gasteiger partial charge in [0.1, 0.15) is 6.10 Å². The van der Waals surface area contributed by atoms with Crippen molar-refractivity contribution in [1.29, 1.82) is 0 Å². The van der Waals surface area contributed by atoms with Crippen LogP contribution in [0.5, 0.6) is 5.88 Å². The van der Waals surface area contributed by atoms with Gasteiger partial charge in [-0.05, 0) is 38.3 Å². The van der Waals surface area contributed by atoms with E-state index in [4.69, 9.17) is 16.3 Å². The largest absolute Gasteiger partial charge is 0.475 e. The summed E-state index contributed by atoms with van der Waals surface area (Å²) in [6, 6.07) is 7.51. The number of aryl methyl sites for hydroxylation is 1. The first-order valence-electron chi connectivity index (χ1n) is 8.41. The molecule has 3 rings (SSSR count). The Labute approximate surface area is 157 Å². The van der Waals surface area contributed by atoms with E-state index in [0.29, 0.717) is 28.9 Å². The van der Waals surface area contributed by atoms with Crippen molar-refractivity contribution in [2.45, 2.75) is 39.2 Å². The van der Waals surface area contributed by atoms with Crippen molar-refractivity contribution in [1.82, 2.24) is 9.97 Å². The highest BCUT2D eigenvalue weighted by Crippen LogP contribution is 2.33. The number of rotatable bonds is 5. The minimum absolute atomic E-state index is 0.0122. The van der Waals surface area contributed by atoms with E-state index in [2.05, 4.69) is 21.8 Å². The average molecular weight is 371 g/mol. The maximum absolute atomic E-state index is 11.3. The SMILES string of the molecule is CC#CC1CC(Oc2nc(C(=O)O)nc(C)c2Cc2ccccc2Cl)C1. The van der Waals surface area contributed by atoms with E-state index in [1.54, 1.807) is 6.92 Å². The first-order chi connectivity index (χ1) is 12.5. The molecule has 6 heteroatoms. The van der Waals surface area contributed by atoms with Crippen molar-refractivity contribution in [2.75, 3.05) is 0 Å². The Kier molecular flexibility index (Phi) is 5.43. The summed E-state index contributed by atoms with van der Waals surface area (Å²) in [5.74, 6) is 5.26. The van der Waals surface area contributed by atoms with Gasteiger partial charge in [-0.15, -0.1) is 5.92 Å². The molecule has 1 fully saturated rings. The lowest BCUT2D eigenvalue weighted by atomic mass is 9.83. The lowest BCUT2D eigenvalue weighted by Gasteiger charge is -2.32. The van der Waals surface area contributed by atoms with E-state index >= 15 is 0 Å². The van der Waals surface area contributed by atoms with Crippen molar-refractivity contribution < 1.29 is 14.6 Å². The lowest BCUT2D eigenvalue weighted by Crippen LogP contribution is -2.33. The van der Waals surface area contributed by atoms with E-state index in [0.717, 1.165) is 24.0 Å². The minimum atomic E-state index is -1.18. The molecule has 0 bridgehead atoms. The quantitative estimate of drug-likeness (QED) is 0.808. The molecule has 1 N–H and O–H groups in total. The molecule has 0 saturated heterocycles. The Morgan fingerprint density at radius 3 is 2.73 bits per heavy atom. The summed E-state index contributed by atoms with van der Waals surface area (Å²) < 4.78 is 6.02. The zero-order valence-electron chi connectivity index (χ0n) is 14.6. The van der Waals surface area contributed by atoms with E-state index < -0.39 is 5.97 Å². The molecule has 0 atom stereocenters. The second-order valence-corrected chi connectivity index (χ2v) is 6.70. The molecule has 1 aliphatic carbocycles. The summed E-state index contributed by atoms with van der Waals surface area (Å²) >= 11 is 6.27. The topological polar surface area (TPSA) is 72.3 Å². The number of carboxylic acids is 1. The predicted octanol–water partition coefficient (Wildman–Crippen LogP) is 3.91. The number of ether oxygens (including phenoxy) is 1. The number of carboxylic acid groups (broad SMARTS) is 1. The third-order valence-electron chi connectivity index (χ3n) is 4.41. The highest BCUT2D eigenvalue weighted by Gasteiger charge is 2.31. The molecule has 26 heavy (non-hydrogen) atoms. The third kappa shape index (κ3) is 3.97. The van der Waals surface area contributed by atoms with Crippen LogP contribution < -0.4 is 4.74 Å². The van der Waals surface area contributed by atoms with Crippen LogP contribution >= 0.6 is 11.6 Å². The summed E-state index contributed by atoms with van der Waals surface area (Å²) in [7, 11) is 0. The predicted molar refractivity (Wildman–Crippen MR) is 98.6 cm³/mol. The van der Waals surface area contributed by atoms with Gasteiger partial charge in [-0.2, -0.15) is 4.98 Å². The summed E-state index contributed by atoms with van der Waals surface area (Å²) in [5, 5.41) is 9.90. The summed E-state index contributed by atoms with van der Waals surface area (Å²) in [5.41, 5.74) is 2.25. The van der Waals surface area contributed by atoms with Crippen LogP contribution in [0.2, 0.25) is 5.02 Å². The number of nitrogens with zero attached hydrogens (tertiary/aromatic N) is 2. The van der Waals surface area contributed by atoms with Gasteiger partial charge in [-0.3, -0.25) is 0 Å². The molecule has 1 heterocycles. The zero-order chi connectivity index (χ0) is 18.7. The molecule has 1 aliphatic rings. The molecule has 1 aromatic carbocycles. The lowest BCUT2D eigenvalue weighted by molar-refractivity contribution is 0.0667. The van der Waals surface area contributed by atoms with Crippen molar-refractivity contribution in [3.63, 3.8) is 0 Å². The fourth-order valence-corrected chi connectivity index (χ4v) is 3.14. The normalized spacial score (nSPS) is 18.4. The van der Waals surface area contributed by atoms with Crippen molar-refractivity contribution in [2.24, 2.45) is 5.92 Å². The molecule has 0 unspecified atom stereocenters. The molecular formula is C20H19ClN2O3. The van der Waals surface area contributed by atoms with Gasteiger partial charge in [0.25, 0.3) is 0 Å². The van der Waals surface area contributed by atoms with Crippen LogP contribution in [0.15, 0.2) is 24.3 Å². The van der Waals surface area contributed by atoms with Gasteiger partial charge in [0, 0.05) is 28.6 Å². The van der Waals surface area contributed by atoms with Crippen molar-refractivity contribution in [3.8, 4) is 17.7 Å². The molecule has 0 spiro atoms. The van der Waals surface area contributed by atoms with E-state index in [1.165, 1.54) is 0 Å². The maximum Gasteiger partial charge on any atom is 0.374 e. The van der Waals surface area contributed by atoms with E-state index in [-0.39, 0.29) is 11.9 Å². The third-order valence-corrected chi connectivity index (χ3v) is 4.78. The number of aromatic nitrogens is 2. The van der Waals surface area contributed by atoms with Gasteiger partial charge in [0.15, 0.2) is 0 Å². The van der Waals surface area contributed by atoms with E-state index in [1.807, 2.05) is 31.2 Å². The smallest absolute Gasteiger partial charge is 0.374 e. The van der Waals surface area contributed by atoms with Gasteiger partial charge >= 0.3 is 5.97 Å². The molecule has 0 aliphatic heterocycles. The number of aromatic carboxylic acids is 1. The fraction of sp³-hybridized carbons (Fsp3) is 0.350. The van der Waals surface area contributed by atoms with Crippen LogP contribution in [-0.2, 0) is 6.42 Å². The minimum Gasteiger partial charge on any atom is -0.475 e. The highest BCUT2D eigenvalue weighted by atomic mass is 35.5. The zero-order valence-corrected chi connectivity index (χ0v) is 15.4. The van der Waals surface area contributed by atoms with Crippen LogP contribution in [0.25, 0.3) is 0 Å². The first kappa shape index (κ1) is 18.2. The second kappa shape index (κ2) is 7.76. The molecule has 0 amide bonds. The number of hydrogen-bond donors (Lipinski definition) is 1. The second-order valence-electron chi connectivity index (χ2n) is 6.29. The van der Waals surface area contributed by atoms with E-state index in [9.17, 15) is 9.90 Å². The highest BCUT2D eigenvalue weighted by molar-refractivity contribution is 6.31. The van der Waals surface area contributed by atoms with Gasteiger partial charge < -0.3 is 9.84 Å².